The van der Waals surface area contributed by atoms with Gasteiger partial charge in [-0.25, -0.2) is 0 Å². The molecule has 4 nitrogen and oxygen atoms in total. The summed E-state index contributed by atoms with van der Waals surface area (Å²) in [6, 6.07) is 10.2. The largest absolute Gasteiger partial charge is 0.337 e. The Morgan fingerprint density at radius 1 is 1.13 bits per heavy atom. The predicted molar refractivity (Wildman–Crippen MR) is 96.3 cm³/mol. The molecule has 5 heteroatoms. The molecule has 0 aliphatic carbocycles. The van der Waals surface area contributed by atoms with Crippen molar-refractivity contribution in [3.8, 4) is 5.69 Å². The van der Waals surface area contributed by atoms with Crippen LogP contribution in [0.4, 0.5) is 0 Å². The van der Waals surface area contributed by atoms with Gasteiger partial charge in [0.25, 0.3) is 5.91 Å². The first-order valence-electron chi connectivity index (χ1n) is 8.03. The number of hydrogen-bond acceptors (Lipinski definition) is 2. The monoisotopic (exact) mass is 375 g/mol. The van der Waals surface area contributed by atoms with E-state index in [1.165, 1.54) is 0 Å². The van der Waals surface area contributed by atoms with Crippen molar-refractivity contribution in [2.45, 2.75) is 20.3 Å². The quantitative estimate of drug-likeness (QED) is 0.874. The number of carbonyl (C=O) groups excluding carboxylic acids is 1. The summed E-state index contributed by atoms with van der Waals surface area (Å²) in [5, 5.41) is 3.34. The molecule has 2 aromatic rings. The third kappa shape index (κ3) is 3.35. The molecule has 0 atom stereocenters. The van der Waals surface area contributed by atoms with Gasteiger partial charge in [0.15, 0.2) is 0 Å². The number of nitrogens with zero attached hydrogens (tertiary/aromatic N) is 2. The smallest absolute Gasteiger partial charge is 0.255 e. The molecule has 1 aliphatic rings. The molecule has 0 bridgehead atoms. The molecule has 1 aromatic carbocycles. The molecular weight excluding hydrogens is 354 g/mol. The van der Waals surface area contributed by atoms with Crippen LogP contribution in [0.5, 0.6) is 0 Å². The number of aromatic nitrogens is 1. The van der Waals surface area contributed by atoms with E-state index in [4.69, 9.17) is 0 Å². The van der Waals surface area contributed by atoms with Crippen molar-refractivity contribution in [1.82, 2.24) is 14.8 Å². The van der Waals surface area contributed by atoms with Crippen LogP contribution in [-0.2, 0) is 0 Å². The predicted octanol–water partition coefficient (Wildman–Crippen LogP) is 3.29. The normalized spacial score (nSPS) is 15.5. The van der Waals surface area contributed by atoms with Crippen molar-refractivity contribution in [3.63, 3.8) is 0 Å². The van der Waals surface area contributed by atoms with Crippen molar-refractivity contribution in [1.29, 1.82) is 0 Å². The Balaban J connectivity index is 1.93. The summed E-state index contributed by atoms with van der Waals surface area (Å²) < 4.78 is 3.20. The highest BCUT2D eigenvalue weighted by Gasteiger charge is 2.22. The van der Waals surface area contributed by atoms with Gasteiger partial charge in [-0.1, -0.05) is 15.9 Å². The number of amides is 1. The number of aryl methyl sites for hydroxylation is 1. The lowest BCUT2D eigenvalue weighted by Gasteiger charge is -2.20. The fourth-order valence-corrected chi connectivity index (χ4v) is 3.45. The van der Waals surface area contributed by atoms with Crippen LogP contribution < -0.4 is 5.32 Å². The minimum absolute atomic E-state index is 0.144. The third-order valence-electron chi connectivity index (χ3n) is 4.37. The maximum Gasteiger partial charge on any atom is 0.255 e. The number of carbonyl (C=O) groups is 1. The molecule has 1 fully saturated rings. The second kappa shape index (κ2) is 6.89. The van der Waals surface area contributed by atoms with E-state index in [1.54, 1.807) is 0 Å². The minimum Gasteiger partial charge on any atom is -0.337 e. The fraction of sp³-hybridized carbons (Fsp3) is 0.389. The Hall–Kier alpha value is -1.59. The van der Waals surface area contributed by atoms with Gasteiger partial charge in [0.2, 0.25) is 0 Å². The zero-order valence-electron chi connectivity index (χ0n) is 13.6. The van der Waals surface area contributed by atoms with Crippen LogP contribution >= 0.6 is 15.9 Å². The van der Waals surface area contributed by atoms with Crippen LogP contribution in [0.25, 0.3) is 5.69 Å². The van der Waals surface area contributed by atoms with Crippen LogP contribution in [0, 0.1) is 13.8 Å². The summed E-state index contributed by atoms with van der Waals surface area (Å²) in [5.74, 6) is 0.144. The topological polar surface area (TPSA) is 37.3 Å². The molecule has 2 heterocycles. The molecule has 1 amide bonds. The lowest BCUT2D eigenvalue weighted by Crippen LogP contribution is -2.34. The van der Waals surface area contributed by atoms with Gasteiger partial charge in [-0.2, -0.15) is 0 Å². The van der Waals surface area contributed by atoms with Gasteiger partial charge in [-0.3, -0.25) is 4.79 Å². The lowest BCUT2D eigenvalue weighted by atomic mass is 10.2. The van der Waals surface area contributed by atoms with Gasteiger partial charge < -0.3 is 14.8 Å². The number of hydrogen-bond donors (Lipinski definition) is 1. The Bertz CT molecular complexity index is 698. The summed E-state index contributed by atoms with van der Waals surface area (Å²) in [7, 11) is 0. The Labute approximate surface area is 145 Å². The first kappa shape index (κ1) is 16.3. The van der Waals surface area contributed by atoms with Crippen LogP contribution in [0.2, 0.25) is 0 Å². The van der Waals surface area contributed by atoms with Crippen LogP contribution in [0.15, 0.2) is 34.8 Å². The maximum atomic E-state index is 12.9. The second-order valence-electron chi connectivity index (χ2n) is 5.99. The minimum atomic E-state index is 0.144. The van der Waals surface area contributed by atoms with Gasteiger partial charge in [0, 0.05) is 41.2 Å². The van der Waals surface area contributed by atoms with E-state index < -0.39 is 0 Å². The van der Waals surface area contributed by atoms with Gasteiger partial charge >= 0.3 is 0 Å². The van der Waals surface area contributed by atoms with E-state index in [-0.39, 0.29) is 5.91 Å². The summed E-state index contributed by atoms with van der Waals surface area (Å²) in [6.07, 6.45) is 1.01. The van der Waals surface area contributed by atoms with Crippen molar-refractivity contribution < 1.29 is 4.79 Å². The summed E-state index contributed by atoms with van der Waals surface area (Å²) in [6.45, 7) is 7.54. The van der Waals surface area contributed by atoms with E-state index in [2.05, 4.69) is 44.9 Å². The molecular formula is C18H22BrN3O. The highest BCUT2D eigenvalue weighted by atomic mass is 79.9. The molecule has 1 saturated heterocycles. The lowest BCUT2D eigenvalue weighted by molar-refractivity contribution is 0.0765. The van der Waals surface area contributed by atoms with Gasteiger partial charge in [-0.15, -0.1) is 0 Å². The molecule has 122 valence electrons. The molecule has 23 heavy (non-hydrogen) atoms. The molecule has 0 radical (unpaired) electrons. The third-order valence-corrected chi connectivity index (χ3v) is 4.90. The average molecular weight is 376 g/mol. The van der Waals surface area contributed by atoms with Gasteiger partial charge in [0.05, 0.1) is 5.56 Å². The van der Waals surface area contributed by atoms with E-state index in [0.717, 1.165) is 59.7 Å². The Kier molecular flexibility index (Phi) is 4.87. The second-order valence-corrected chi connectivity index (χ2v) is 6.91. The highest BCUT2D eigenvalue weighted by Crippen LogP contribution is 2.23. The summed E-state index contributed by atoms with van der Waals surface area (Å²) in [4.78, 5) is 14.9. The summed E-state index contributed by atoms with van der Waals surface area (Å²) in [5.41, 5.74) is 3.99. The van der Waals surface area contributed by atoms with E-state index in [1.807, 2.05) is 30.0 Å². The standard InChI is InChI=1S/C18H22BrN3O/c1-13-12-17(18(23)21-10-3-8-20-9-11-21)14(2)22(13)16-6-4-15(19)5-7-16/h4-7,12,20H,3,8-11H2,1-2H3. The van der Waals surface area contributed by atoms with Gasteiger partial charge in [0.1, 0.15) is 0 Å². The zero-order chi connectivity index (χ0) is 16.4. The molecule has 1 N–H and O–H groups in total. The van der Waals surface area contributed by atoms with Crippen LogP contribution in [0.1, 0.15) is 28.2 Å². The maximum absolute atomic E-state index is 12.9. The SMILES string of the molecule is Cc1cc(C(=O)N2CCCNCC2)c(C)n1-c1ccc(Br)cc1. The molecule has 3 rings (SSSR count). The Morgan fingerprint density at radius 3 is 2.61 bits per heavy atom. The average Bonchev–Trinajstić information content (AvgIpc) is 2.74. The van der Waals surface area contributed by atoms with Crippen LogP contribution in [-0.4, -0.2) is 41.6 Å². The molecule has 0 saturated carbocycles. The fourth-order valence-electron chi connectivity index (χ4n) is 3.19. The highest BCUT2D eigenvalue weighted by molar-refractivity contribution is 9.10. The van der Waals surface area contributed by atoms with E-state index >= 15 is 0 Å². The molecule has 0 unspecified atom stereocenters. The van der Waals surface area contributed by atoms with Crippen molar-refractivity contribution in [2.24, 2.45) is 0 Å². The molecule has 0 spiro atoms. The van der Waals surface area contributed by atoms with E-state index in [0.29, 0.717) is 0 Å². The number of rotatable bonds is 2. The number of nitrogens with one attached hydrogen (secondary N) is 1. The first-order valence-corrected chi connectivity index (χ1v) is 8.82. The van der Waals surface area contributed by atoms with Crippen molar-refractivity contribution in [2.75, 3.05) is 26.2 Å². The van der Waals surface area contributed by atoms with Crippen LogP contribution in [0.3, 0.4) is 0 Å². The van der Waals surface area contributed by atoms with E-state index in [9.17, 15) is 4.79 Å². The van der Waals surface area contributed by atoms with Crippen molar-refractivity contribution >= 4 is 21.8 Å². The summed E-state index contributed by atoms with van der Waals surface area (Å²) >= 11 is 3.47. The van der Waals surface area contributed by atoms with Crippen molar-refractivity contribution in [3.05, 3.63) is 51.8 Å². The molecule has 1 aromatic heterocycles. The molecule has 1 aliphatic heterocycles. The Morgan fingerprint density at radius 2 is 1.87 bits per heavy atom. The number of benzene rings is 1. The van der Waals surface area contributed by atoms with Gasteiger partial charge in [-0.05, 0) is 57.1 Å². The first-order chi connectivity index (χ1) is 11.1. The zero-order valence-corrected chi connectivity index (χ0v) is 15.2. The number of halogens is 1.